The summed E-state index contributed by atoms with van der Waals surface area (Å²) in [6, 6.07) is 11.1. The molecule has 1 atom stereocenters. The zero-order valence-corrected chi connectivity index (χ0v) is 17.3. The molecule has 1 amide bonds. The van der Waals surface area contributed by atoms with Crippen LogP contribution in [0.1, 0.15) is 48.7 Å². The van der Waals surface area contributed by atoms with Crippen LogP contribution in [-0.4, -0.2) is 37.4 Å². The molecule has 2 N–H and O–H groups in total. The van der Waals surface area contributed by atoms with E-state index in [9.17, 15) is 9.90 Å². The van der Waals surface area contributed by atoms with Crippen molar-refractivity contribution in [1.29, 1.82) is 0 Å². The first-order valence-corrected chi connectivity index (χ1v) is 10.2. The van der Waals surface area contributed by atoms with Crippen LogP contribution < -0.4 is 19.5 Å². The molecule has 0 aliphatic heterocycles. The lowest BCUT2D eigenvalue weighted by Gasteiger charge is -2.24. The van der Waals surface area contributed by atoms with E-state index in [1.165, 1.54) is 0 Å². The van der Waals surface area contributed by atoms with Crippen LogP contribution in [0.3, 0.4) is 0 Å². The molecule has 0 radical (unpaired) electrons. The number of fused-ring (bicyclic) bond motifs is 1. The van der Waals surface area contributed by atoms with Crippen LogP contribution in [0.25, 0.3) is 0 Å². The molecule has 29 heavy (non-hydrogen) atoms. The second-order valence-electron chi connectivity index (χ2n) is 6.97. The highest BCUT2D eigenvalue weighted by Gasteiger charge is 2.36. The summed E-state index contributed by atoms with van der Waals surface area (Å²) in [5.41, 5.74) is 1.36. The van der Waals surface area contributed by atoms with Crippen molar-refractivity contribution >= 4 is 5.91 Å². The van der Waals surface area contributed by atoms with Crippen molar-refractivity contribution in [2.75, 3.05) is 26.4 Å². The summed E-state index contributed by atoms with van der Waals surface area (Å²) in [5.74, 6) is 1.13. The number of aryl methyl sites for hydroxylation is 1. The van der Waals surface area contributed by atoms with Crippen molar-refractivity contribution in [3.05, 3.63) is 53.1 Å². The predicted octanol–water partition coefficient (Wildman–Crippen LogP) is 3.45. The highest BCUT2D eigenvalue weighted by molar-refractivity contribution is 5.95. The van der Waals surface area contributed by atoms with Gasteiger partial charge in [0.2, 0.25) is 5.75 Å². The zero-order chi connectivity index (χ0) is 20.9. The first kappa shape index (κ1) is 21.0. The molecule has 1 aliphatic carbocycles. The number of carbonyl (C=O) groups is 1. The number of aliphatic hydroxyl groups is 1. The Morgan fingerprint density at radius 3 is 2.28 bits per heavy atom. The number of rotatable bonds is 9. The number of ether oxygens (including phenoxy) is 3. The molecule has 6 heteroatoms. The van der Waals surface area contributed by atoms with Gasteiger partial charge in [0.05, 0.1) is 26.4 Å². The largest absolute Gasteiger partial charge is 0.490 e. The van der Waals surface area contributed by atoms with Gasteiger partial charge in [0.1, 0.15) is 5.60 Å². The average Bonchev–Trinajstić information content (AvgIpc) is 3.06. The summed E-state index contributed by atoms with van der Waals surface area (Å²) in [7, 11) is 0. The smallest absolute Gasteiger partial charge is 0.251 e. The number of benzene rings is 2. The highest BCUT2D eigenvalue weighted by atomic mass is 16.5. The minimum absolute atomic E-state index is 0.143. The Morgan fingerprint density at radius 1 is 1.03 bits per heavy atom. The monoisotopic (exact) mass is 399 g/mol. The fourth-order valence-electron chi connectivity index (χ4n) is 3.70. The van der Waals surface area contributed by atoms with E-state index >= 15 is 0 Å². The maximum atomic E-state index is 12.9. The summed E-state index contributed by atoms with van der Waals surface area (Å²) >= 11 is 0. The quantitative estimate of drug-likeness (QED) is 0.675. The van der Waals surface area contributed by atoms with Crippen molar-refractivity contribution in [2.45, 2.75) is 39.2 Å². The van der Waals surface area contributed by atoms with Gasteiger partial charge in [0, 0.05) is 5.56 Å². The maximum absolute atomic E-state index is 12.9. The van der Waals surface area contributed by atoms with E-state index in [4.69, 9.17) is 14.2 Å². The summed E-state index contributed by atoms with van der Waals surface area (Å²) in [4.78, 5) is 12.9. The van der Waals surface area contributed by atoms with Crippen molar-refractivity contribution in [2.24, 2.45) is 0 Å². The maximum Gasteiger partial charge on any atom is 0.251 e. The first-order valence-electron chi connectivity index (χ1n) is 10.2. The molecule has 0 aromatic heterocycles. The molecule has 2 aromatic carbocycles. The van der Waals surface area contributed by atoms with Crippen LogP contribution >= 0.6 is 0 Å². The summed E-state index contributed by atoms with van der Waals surface area (Å²) in [6.45, 7) is 7.10. The Bertz CT molecular complexity index is 839. The molecule has 3 rings (SSSR count). The summed E-state index contributed by atoms with van der Waals surface area (Å²) in [5, 5.41) is 13.9. The summed E-state index contributed by atoms with van der Waals surface area (Å²) < 4.78 is 17.0. The Labute approximate surface area is 171 Å². The van der Waals surface area contributed by atoms with E-state index < -0.39 is 5.60 Å². The van der Waals surface area contributed by atoms with Gasteiger partial charge < -0.3 is 24.6 Å². The van der Waals surface area contributed by atoms with Gasteiger partial charge in [-0.2, -0.15) is 0 Å². The van der Waals surface area contributed by atoms with Crippen molar-refractivity contribution in [3.8, 4) is 17.2 Å². The minimum atomic E-state index is -1.05. The highest BCUT2D eigenvalue weighted by Crippen LogP contribution is 2.39. The molecule has 1 unspecified atom stereocenters. The second kappa shape index (κ2) is 9.18. The van der Waals surface area contributed by atoms with Gasteiger partial charge in [-0.05, 0) is 56.9 Å². The average molecular weight is 399 g/mol. The van der Waals surface area contributed by atoms with Crippen molar-refractivity contribution < 1.29 is 24.1 Å². The first-order chi connectivity index (χ1) is 14.0. The summed E-state index contributed by atoms with van der Waals surface area (Å²) in [6.07, 6.45) is 1.39. The van der Waals surface area contributed by atoms with E-state index in [0.717, 1.165) is 17.5 Å². The topological polar surface area (TPSA) is 77.0 Å². The third-order valence-electron chi connectivity index (χ3n) is 5.04. The number of hydrogen-bond acceptors (Lipinski definition) is 5. The second-order valence-corrected chi connectivity index (χ2v) is 6.97. The standard InChI is InChI=1S/C23H29NO5/c1-4-27-19-13-17(14-20(28-5-2)21(19)29-6-3)22(25)24-15-23(26)12-11-16-9-7-8-10-18(16)23/h7-10,13-14,26H,4-6,11-12,15H2,1-3H3,(H,24,25). The van der Waals surface area contributed by atoms with Crippen LogP contribution in [-0.2, 0) is 12.0 Å². The molecule has 156 valence electrons. The lowest BCUT2D eigenvalue weighted by Crippen LogP contribution is -2.39. The van der Waals surface area contributed by atoms with Gasteiger partial charge in [-0.25, -0.2) is 0 Å². The fourth-order valence-corrected chi connectivity index (χ4v) is 3.70. The molecule has 0 spiro atoms. The number of carbonyl (C=O) groups excluding carboxylic acids is 1. The number of hydrogen-bond donors (Lipinski definition) is 2. The predicted molar refractivity (Wildman–Crippen MR) is 111 cm³/mol. The zero-order valence-electron chi connectivity index (χ0n) is 17.3. The number of amides is 1. The van der Waals surface area contributed by atoms with E-state index in [1.54, 1.807) is 12.1 Å². The van der Waals surface area contributed by atoms with E-state index in [-0.39, 0.29) is 12.5 Å². The van der Waals surface area contributed by atoms with E-state index in [0.29, 0.717) is 49.1 Å². The van der Waals surface area contributed by atoms with Crippen LogP contribution in [0.4, 0.5) is 0 Å². The van der Waals surface area contributed by atoms with Gasteiger partial charge >= 0.3 is 0 Å². The van der Waals surface area contributed by atoms with Crippen LogP contribution in [0.15, 0.2) is 36.4 Å². The Balaban J connectivity index is 1.81. The SMILES string of the molecule is CCOc1cc(C(=O)NCC2(O)CCc3ccccc32)cc(OCC)c1OCC. The lowest BCUT2D eigenvalue weighted by molar-refractivity contribution is 0.0369. The Kier molecular flexibility index (Phi) is 6.64. The van der Waals surface area contributed by atoms with Gasteiger partial charge in [0.15, 0.2) is 11.5 Å². The Hall–Kier alpha value is -2.73. The van der Waals surface area contributed by atoms with Crippen LogP contribution in [0, 0.1) is 0 Å². The number of nitrogens with one attached hydrogen (secondary N) is 1. The molecular weight excluding hydrogens is 370 g/mol. The third kappa shape index (κ3) is 4.48. The van der Waals surface area contributed by atoms with Crippen molar-refractivity contribution in [3.63, 3.8) is 0 Å². The molecule has 0 saturated carbocycles. The molecule has 1 aliphatic rings. The van der Waals surface area contributed by atoms with Gasteiger partial charge in [-0.1, -0.05) is 24.3 Å². The van der Waals surface area contributed by atoms with Crippen LogP contribution in [0.5, 0.6) is 17.2 Å². The molecule has 0 fully saturated rings. The molecule has 0 bridgehead atoms. The molecule has 0 heterocycles. The Morgan fingerprint density at radius 2 is 1.66 bits per heavy atom. The normalized spacial score (nSPS) is 17.5. The molecule has 2 aromatic rings. The molecular formula is C23H29NO5. The molecule has 6 nitrogen and oxygen atoms in total. The third-order valence-corrected chi connectivity index (χ3v) is 5.04. The van der Waals surface area contributed by atoms with Crippen molar-refractivity contribution in [1.82, 2.24) is 5.32 Å². The van der Waals surface area contributed by atoms with Gasteiger partial charge in [-0.15, -0.1) is 0 Å². The lowest BCUT2D eigenvalue weighted by atomic mass is 9.96. The van der Waals surface area contributed by atoms with Gasteiger partial charge in [-0.3, -0.25) is 4.79 Å². The van der Waals surface area contributed by atoms with E-state index in [2.05, 4.69) is 5.32 Å². The van der Waals surface area contributed by atoms with Gasteiger partial charge in [0.25, 0.3) is 5.91 Å². The fraction of sp³-hybridized carbons (Fsp3) is 0.435. The molecule has 0 saturated heterocycles. The van der Waals surface area contributed by atoms with Crippen LogP contribution in [0.2, 0.25) is 0 Å². The minimum Gasteiger partial charge on any atom is -0.490 e. The van der Waals surface area contributed by atoms with E-state index in [1.807, 2.05) is 45.0 Å².